The molecule has 1 N–H and O–H groups in total. The Morgan fingerprint density at radius 2 is 2.12 bits per heavy atom. The van der Waals surface area contributed by atoms with Gasteiger partial charge in [0.05, 0.1) is 17.1 Å². The Morgan fingerprint density at radius 1 is 1.41 bits per heavy atom. The number of benzene rings is 1. The number of carboxylic acids is 1. The Balaban J connectivity index is 2.62. The van der Waals surface area contributed by atoms with Crippen LogP contribution in [-0.4, -0.2) is 20.9 Å². The van der Waals surface area contributed by atoms with Crippen molar-refractivity contribution in [3.05, 3.63) is 46.2 Å². The maximum atomic E-state index is 11.1. The van der Waals surface area contributed by atoms with Gasteiger partial charge in [-0.15, -0.1) is 0 Å². The standard InChI is InChI=1S/C12H11ClN2O2/c1-7-11(12(16)17)8(2)15(14-7)10-5-3-4-9(13)6-10/h3-6H,1-2H3,(H,16,17). The molecule has 4 nitrogen and oxygen atoms in total. The summed E-state index contributed by atoms with van der Waals surface area (Å²) in [5, 5.41) is 13.9. The monoisotopic (exact) mass is 250 g/mol. The molecule has 2 rings (SSSR count). The predicted octanol–water partition coefficient (Wildman–Crippen LogP) is 2.84. The van der Waals surface area contributed by atoms with Crippen LogP contribution in [0.2, 0.25) is 5.02 Å². The summed E-state index contributed by atoms with van der Waals surface area (Å²) in [6.07, 6.45) is 0. The number of aromatic nitrogens is 2. The molecule has 0 aliphatic heterocycles. The first-order valence-electron chi connectivity index (χ1n) is 5.06. The lowest BCUT2D eigenvalue weighted by Gasteiger charge is -2.04. The molecule has 0 atom stereocenters. The molecule has 0 aliphatic rings. The molecule has 0 unspecified atom stereocenters. The Hall–Kier alpha value is -1.81. The number of nitrogens with zero attached hydrogens (tertiary/aromatic N) is 2. The minimum Gasteiger partial charge on any atom is -0.478 e. The second kappa shape index (κ2) is 4.22. The maximum Gasteiger partial charge on any atom is 0.339 e. The number of aromatic carboxylic acids is 1. The van der Waals surface area contributed by atoms with Crippen molar-refractivity contribution in [1.29, 1.82) is 0 Å². The highest BCUT2D eigenvalue weighted by molar-refractivity contribution is 6.30. The summed E-state index contributed by atoms with van der Waals surface area (Å²) in [5.41, 5.74) is 2.09. The van der Waals surface area contributed by atoms with E-state index in [0.29, 0.717) is 16.4 Å². The lowest BCUT2D eigenvalue weighted by molar-refractivity contribution is 0.0695. The molecule has 2 aromatic rings. The topological polar surface area (TPSA) is 55.1 Å². The molecule has 0 saturated carbocycles. The second-order valence-corrected chi connectivity index (χ2v) is 4.18. The largest absolute Gasteiger partial charge is 0.478 e. The summed E-state index contributed by atoms with van der Waals surface area (Å²) < 4.78 is 1.59. The van der Waals surface area contributed by atoms with E-state index in [1.165, 1.54) is 0 Å². The summed E-state index contributed by atoms with van der Waals surface area (Å²) in [6, 6.07) is 7.13. The SMILES string of the molecule is Cc1nn(-c2cccc(Cl)c2)c(C)c1C(=O)O. The van der Waals surface area contributed by atoms with Crippen LogP contribution in [0, 0.1) is 13.8 Å². The van der Waals surface area contributed by atoms with E-state index in [-0.39, 0.29) is 5.56 Å². The van der Waals surface area contributed by atoms with Crippen molar-refractivity contribution in [2.45, 2.75) is 13.8 Å². The smallest absolute Gasteiger partial charge is 0.339 e. The molecule has 0 aliphatic carbocycles. The molecule has 1 aromatic carbocycles. The van der Waals surface area contributed by atoms with Gasteiger partial charge in [-0.25, -0.2) is 9.48 Å². The fraction of sp³-hybridized carbons (Fsp3) is 0.167. The Labute approximate surface area is 103 Å². The number of carboxylic acid groups (broad SMARTS) is 1. The number of halogens is 1. The van der Waals surface area contributed by atoms with E-state index in [9.17, 15) is 4.79 Å². The van der Waals surface area contributed by atoms with Gasteiger partial charge in [0.25, 0.3) is 0 Å². The molecule has 88 valence electrons. The van der Waals surface area contributed by atoms with Gasteiger partial charge in [0.1, 0.15) is 5.56 Å². The van der Waals surface area contributed by atoms with Crippen LogP contribution >= 0.6 is 11.6 Å². The third kappa shape index (κ3) is 2.03. The Morgan fingerprint density at radius 3 is 2.65 bits per heavy atom. The highest BCUT2D eigenvalue weighted by Crippen LogP contribution is 2.20. The van der Waals surface area contributed by atoms with Gasteiger partial charge in [-0.1, -0.05) is 17.7 Å². The van der Waals surface area contributed by atoms with Gasteiger partial charge in [-0.05, 0) is 32.0 Å². The lowest BCUT2D eigenvalue weighted by atomic mass is 10.2. The minimum atomic E-state index is -0.965. The van der Waals surface area contributed by atoms with E-state index in [4.69, 9.17) is 16.7 Å². The predicted molar refractivity (Wildman–Crippen MR) is 65.0 cm³/mol. The van der Waals surface area contributed by atoms with Crippen molar-refractivity contribution in [2.24, 2.45) is 0 Å². The van der Waals surface area contributed by atoms with E-state index < -0.39 is 5.97 Å². The third-order valence-electron chi connectivity index (χ3n) is 2.56. The van der Waals surface area contributed by atoms with Gasteiger partial charge in [0.15, 0.2) is 0 Å². The van der Waals surface area contributed by atoms with Crippen molar-refractivity contribution in [1.82, 2.24) is 9.78 Å². The van der Waals surface area contributed by atoms with Crippen molar-refractivity contribution < 1.29 is 9.90 Å². The first-order chi connectivity index (χ1) is 8.00. The van der Waals surface area contributed by atoms with Crippen LogP contribution in [-0.2, 0) is 0 Å². The number of aryl methyl sites for hydroxylation is 1. The fourth-order valence-electron chi connectivity index (χ4n) is 1.81. The molecule has 0 saturated heterocycles. The molecule has 0 amide bonds. The van der Waals surface area contributed by atoms with Gasteiger partial charge in [0, 0.05) is 5.02 Å². The molecule has 0 spiro atoms. The van der Waals surface area contributed by atoms with Crippen LogP contribution < -0.4 is 0 Å². The van der Waals surface area contributed by atoms with E-state index in [2.05, 4.69) is 5.10 Å². The van der Waals surface area contributed by atoms with Crippen LogP contribution in [0.4, 0.5) is 0 Å². The van der Waals surface area contributed by atoms with Crippen LogP contribution in [0.3, 0.4) is 0 Å². The fourth-order valence-corrected chi connectivity index (χ4v) is 2.00. The number of carbonyl (C=O) groups is 1. The average Bonchev–Trinajstić information content (AvgIpc) is 2.54. The molecular weight excluding hydrogens is 240 g/mol. The zero-order valence-corrected chi connectivity index (χ0v) is 10.2. The van der Waals surface area contributed by atoms with Gasteiger partial charge in [-0.2, -0.15) is 5.10 Å². The summed E-state index contributed by atoms with van der Waals surface area (Å²) in [7, 11) is 0. The van der Waals surface area contributed by atoms with Gasteiger partial charge < -0.3 is 5.11 Å². The van der Waals surface area contributed by atoms with Gasteiger partial charge in [-0.3, -0.25) is 0 Å². The molecule has 0 radical (unpaired) electrons. The summed E-state index contributed by atoms with van der Waals surface area (Å²) in [4.78, 5) is 11.1. The second-order valence-electron chi connectivity index (χ2n) is 3.74. The third-order valence-corrected chi connectivity index (χ3v) is 2.79. The maximum absolute atomic E-state index is 11.1. The summed E-state index contributed by atoms with van der Waals surface area (Å²) in [5.74, 6) is -0.965. The molecule has 0 bridgehead atoms. The summed E-state index contributed by atoms with van der Waals surface area (Å²) in [6.45, 7) is 3.40. The van der Waals surface area contributed by atoms with Crippen LogP contribution in [0.15, 0.2) is 24.3 Å². The number of hydrogen-bond acceptors (Lipinski definition) is 2. The highest BCUT2D eigenvalue weighted by Gasteiger charge is 2.18. The molecule has 5 heteroatoms. The van der Waals surface area contributed by atoms with E-state index in [1.54, 1.807) is 36.7 Å². The van der Waals surface area contributed by atoms with Crippen LogP contribution in [0.5, 0.6) is 0 Å². The van der Waals surface area contributed by atoms with E-state index >= 15 is 0 Å². The normalized spacial score (nSPS) is 10.5. The van der Waals surface area contributed by atoms with Gasteiger partial charge >= 0.3 is 5.97 Å². The summed E-state index contributed by atoms with van der Waals surface area (Å²) >= 11 is 5.90. The molecule has 0 fully saturated rings. The quantitative estimate of drug-likeness (QED) is 0.892. The zero-order chi connectivity index (χ0) is 12.6. The first kappa shape index (κ1) is 11.7. The average molecular weight is 251 g/mol. The van der Waals surface area contributed by atoms with Crippen molar-refractivity contribution in [3.8, 4) is 5.69 Å². The minimum absolute atomic E-state index is 0.241. The van der Waals surface area contributed by atoms with Crippen LogP contribution in [0.1, 0.15) is 21.7 Å². The van der Waals surface area contributed by atoms with E-state index in [1.807, 2.05) is 6.07 Å². The molecule has 1 aromatic heterocycles. The van der Waals surface area contributed by atoms with Crippen molar-refractivity contribution in [2.75, 3.05) is 0 Å². The first-order valence-corrected chi connectivity index (χ1v) is 5.44. The van der Waals surface area contributed by atoms with Crippen LogP contribution in [0.25, 0.3) is 5.69 Å². The number of hydrogen-bond donors (Lipinski definition) is 1. The van der Waals surface area contributed by atoms with Crippen molar-refractivity contribution in [3.63, 3.8) is 0 Å². The lowest BCUT2D eigenvalue weighted by Crippen LogP contribution is -2.02. The zero-order valence-electron chi connectivity index (χ0n) is 9.44. The molecule has 1 heterocycles. The number of rotatable bonds is 2. The van der Waals surface area contributed by atoms with Crippen molar-refractivity contribution >= 4 is 17.6 Å². The molecule has 17 heavy (non-hydrogen) atoms. The van der Waals surface area contributed by atoms with Gasteiger partial charge in [0.2, 0.25) is 0 Å². The highest BCUT2D eigenvalue weighted by atomic mass is 35.5. The van der Waals surface area contributed by atoms with E-state index in [0.717, 1.165) is 5.69 Å². The Bertz CT molecular complexity index is 590. The molecular formula is C12H11ClN2O2. The Kier molecular flexibility index (Phi) is 2.90.